The van der Waals surface area contributed by atoms with Crippen LogP contribution >= 0.6 is 0 Å². The minimum atomic E-state index is 0.450. The van der Waals surface area contributed by atoms with Crippen LogP contribution in [0.4, 0.5) is 5.95 Å². The Morgan fingerprint density at radius 1 is 1.56 bits per heavy atom. The molecule has 1 atom stereocenters. The maximum Gasteiger partial charge on any atom is 0.225 e. The lowest BCUT2D eigenvalue weighted by atomic mass is 10.2. The maximum absolute atomic E-state index is 5.63. The molecule has 2 rings (SSSR count). The third-order valence-corrected chi connectivity index (χ3v) is 3.50. The van der Waals surface area contributed by atoms with E-state index in [1.165, 1.54) is 12.8 Å². The number of nitrogens with two attached hydrogens (primary N) is 1. The number of nitrogens with zero attached hydrogens (tertiary/aromatic N) is 3. The number of rotatable bonds is 7. The Kier molecular flexibility index (Phi) is 4.49. The highest BCUT2D eigenvalue weighted by atomic mass is 16.5. The monoisotopic (exact) mass is 250 g/mol. The van der Waals surface area contributed by atoms with Crippen molar-refractivity contribution in [3.8, 4) is 0 Å². The van der Waals surface area contributed by atoms with Crippen LogP contribution in [-0.2, 0) is 11.3 Å². The molecule has 18 heavy (non-hydrogen) atoms. The van der Waals surface area contributed by atoms with Crippen LogP contribution in [0.3, 0.4) is 0 Å². The first-order chi connectivity index (χ1) is 8.76. The average Bonchev–Trinajstić information content (AvgIpc) is 3.23. The molecule has 0 radical (unpaired) electrons. The Morgan fingerprint density at radius 3 is 2.94 bits per heavy atom. The van der Waals surface area contributed by atoms with Gasteiger partial charge in [0, 0.05) is 32.4 Å². The van der Waals surface area contributed by atoms with E-state index in [4.69, 9.17) is 10.5 Å². The quantitative estimate of drug-likeness (QED) is 0.787. The molecule has 1 unspecified atom stereocenters. The highest BCUT2D eigenvalue weighted by Crippen LogP contribution is 2.36. The van der Waals surface area contributed by atoms with Gasteiger partial charge in [-0.1, -0.05) is 0 Å². The normalized spacial score (nSPS) is 16.6. The second kappa shape index (κ2) is 6.11. The van der Waals surface area contributed by atoms with Gasteiger partial charge in [-0.25, -0.2) is 9.97 Å². The van der Waals surface area contributed by atoms with Crippen molar-refractivity contribution in [2.45, 2.75) is 32.4 Å². The second-order valence-corrected chi connectivity index (χ2v) is 4.82. The Morgan fingerprint density at radius 2 is 2.33 bits per heavy atom. The largest absolute Gasteiger partial charge is 0.383 e. The van der Waals surface area contributed by atoms with Crippen LogP contribution in [0.2, 0.25) is 0 Å². The molecule has 0 bridgehead atoms. The second-order valence-electron chi connectivity index (χ2n) is 4.82. The molecule has 5 heteroatoms. The van der Waals surface area contributed by atoms with E-state index < -0.39 is 0 Å². The van der Waals surface area contributed by atoms with Crippen LogP contribution in [0.5, 0.6) is 0 Å². The molecule has 1 aliphatic rings. The van der Waals surface area contributed by atoms with Gasteiger partial charge < -0.3 is 15.4 Å². The molecule has 1 aromatic rings. The first-order valence-corrected chi connectivity index (χ1v) is 6.53. The molecule has 0 saturated heterocycles. The van der Waals surface area contributed by atoms with Crippen LogP contribution in [0.15, 0.2) is 12.3 Å². The summed E-state index contributed by atoms with van der Waals surface area (Å²) in [5.41, 5.74) is 6.51. The number of ether oxygens (including phenoxy) is 1. The molecule has 1 fully saturated rings. The van der Waals surface area contributed by atoms with Gasteiger partial charge in [0.15, 0.2) is 0 Å². The molecule has 1 aromatic heterocycles. The summed E-state index contributed by atoms with van der Waals surface area (Å²) in [6.45, 7) is 4.20. The number of hydrogen-bond donors (Lipinski definition) is 1. The minimum absolute atomic E-state index is 0.450. The van der Waals surface area contributed by atoms with Gasteiger partial charge in [0.05, 0.1) is 12.3 Å². The first kappa shape index (κ1) is 13.2. The molecule has 0 aromatic carbocycles. The van der Waals surface area contributed by atoms with E-state index >= 15 is 0 Å². The van der Waals surface area contributed by atoms with Crippen molar-refractivity contribution in [3.63, 3.8) is 0 Å². The topological polar surface area (TPSA) is 64.3 Å². The maximum atomic E-state index is 5.63. The van der Waals surface area contributed by atoms with Gasteiger partial charge >= 0.3 is 0 Å². The van der Waals surface area contributed by atoms with Crippen molar-refractivity contribution in [2.75, 3.05) is 25.2 Å². The predicted molar refractivity (Wildman–Crippen MR) is 71.3 cm³/mol. The number of hydrogen-bond acceptors (Lipinski definition) is 5. The van der Waals surface area contributed by atoms with Gasteiger partial charge in [-0.3, -0.25) is 0 Å². The van der Waals surface area contributed by atoms with E-state index in [1.807, 2.05) is 6.07 Å². The van der Waals surface area contributed by atoms with Crippen molar-refractivity contribution in [3.05, 3.63) is 18.0 Å². The van der Waals surface area contributed by atoms with E-state index in [0.717, 1.165) is 24.1 Å². The van der Waals surface area contributed by atoms with Gasteiger partial charge in [0.2, 0.25) is 5.95 Å². The summed E-state index contributed by atoms with van der Waals surface area (Å²) in [5, 5.41) is 0. The van der Waals surface area contributed by atoms with E-state index in [9.17, 15) is 0 Å². The predicted octanol–water partition coefficient (Wildman–Crippen LogP) is 1.19. The van der Waals surface area contributed by atoms with E-state index in [-0.39, 0.29) is 0 Å². The van der Waals surface area contributed by atoms with Gasteiger partial charge in [-0.2, -0.15) is 0 Å². The summed E-state index contributed by atoms with van der Waals surface area (Å²) < 4.78 is 5.18. The lowest BCUT2D eigenvalue weighted by molar-refractivity contribution is 0.202. The summed E-state index contributed by atoms with van der Waals surface area (Å²) in [6, 6.07) is 2.33. The molecule has 0 spiro atoms. The van der Waals surface area contributed by atoms with Crippen molar-refractivity contribution in [1.82, 2.24) is 9.97 Å². The average molecular weight is 250 g/mol. The molecule has 0 aliphatic heterocycles. The van der Waals surface area contributed by atoms with Crippen LogP contribution < -0.4 is 10.6 Å². The van der Waals surface area contributed by atoms with E-state index in [2.05, 4.69) is 21.8 Å². The summed E-state index contributed by atoms with van der Waals surface area (Å²) >= 11 is 0. The number of anilines is 1. The minimum Gasteiger partial charge on any atom is -0.383 e. The zero-order chi connectivity index (χ0) is 13.0. The van der Waals surface area contributed by atoms with E-state index in [0.29, 0.717) is 19.2 Å². The van der Waals surface area contributed by atoms with Gasteiger partial charge in [0.1, 0.15) is 0 Å². The third kappa shape index (κ3) is 3.17. The van der Waals surface area contributed by atoms with Crippen LogP contribution in [-0.4, -0.2) is 36.3 Å². The first-order valence-electron chi connectivity index (χ1n) is 6.53. The highest BCUT2D eigenvalue weighted by Gasteiger charge is 2.33. The summed E-state index contributed by atoms with van der Waals surface area (Å²) in [6.07, 6.45) is 4.40. The molecule has 2 N–H and O–H groups in total. The van der Waals surface area contributed by atoms with Crippen LogP contribution in [0, 0.1) is 5.92 Å². The molecule has 5 nitrogen and oxygen atoms in total. The fourth-order valence-corrected chi connectivity index (χ4v) is 2.15. The smallest absolute Gasteiger partial charge is 0.225 e. The standard InChI is InChI=1S/C13H22N4O/c1-10(11-3-4-11)17(7-8-18-2)13-15-6-5-12(9-14)16-13/h5-6,10-11H,3-4,7-9,14H2,1-2H3. The Bertz CT molecular complexity index is 381. The lowest BCUT2D eigenvalue weighted by Crippen LogP contribution is -2.38. The van der Waals surface area contributed by atoms with Crippen molar-refractivity contribution in [1.29, 1.82) is 0 Å². The van der Waals surface area contributed by atoms with Crippen molar-refractivity contribution < 1.29 is 4.74 Å². The van der Waals surface area contributed by atoms with Crippen molar-refractivity contribution in [2.24, 2.45) is 11.7 Å². The Balaban J connectivity index is 2.14. The SMILES string of the molecule is COCCN(c1nccc(CN)n1)C(C)C1CC1. The van der Waals surface area contributed by atoms with Gasteiger partial charge in [-0.05, 0) is 31.7 Å². The molecule has 1 aliphatic carbocycles. The lowest BCUT2D eigenvalue weighted by Gasteiger charge is -2.29. The molecule has 1 saturated carbocycles. The van der Waals surface area contributed by atoms with Crippen LogP contribution in [0.25, 0.3) is 0 Å². The zero-order valence-corrected chi connectivity index (χ0v) is 11.2. The Labute approximate surface area is 108 Å². The number of methoxy groups -OCH3 is 1. The summed E-state index contributed by atoms with van der Waals surface area (Å²) in [7, 11) is 1.72. The summed E-state index contributed by atoms with van der Waals surface area (Å²) in [4.78, 5) is 11.1. The Hall–Kier alpha value is -1.20. The van der Waals surface area contributed by atoms with Gasteiger partial charge in [0.25, 0.3) is 0 Å². The summed E-state index contributed by atoms with van der Waals surface area (Å²) in [5.74, 6) is 1.54. The van der Waals surface area contributed by atoms with Gasteiger partial charge in [-0.15, -0.1) is 0 Å². The fourth-order valence-electron chi connectivity index (χ4n) is 2.15. The highest BCUT2D eigenvalue weighted by molar-refractivity contribution is 5.32. The molecule has 1 heterocycles. The van der Waals surface area contributed by atoms with E-state index in [1.54, 1.807) is 13.3 Å². The molecular weight excluding hydrogens is 228 g/mol. The molecule has 100 valence electrons. The van der Waals surface area contributed by atoms with Crippen molar-refractivity contribution >= 4 is 5.95 Å². The zero-order valence-electron chi connectivity index (χ0n) is 11.2. The number of aromatic nitrogens is 2. The molecule has 0 amide bonds. The molecular formula is C13H22N4O. The van der Waals surface area contributed by atoms with Crippen LogP contribution in [0.1, 0.15) is 25.5 Å². The fraction of sp³-hybridized carbons (Fsp3) is 0.692. The third-order valence-electron chi connectivity index (χ3n) is 3.50.